The number of aliphatic hydroxyl groups is 1. The summed E-state index contributed by atoms with van der Waals surface area (Å²) in [5, 5.41) is 9.67. The zero-order chi connectivity index (χ0) is 21.6. The lowest BCUT2D eigenvalue weighted by Gasteiger charge is -2.31. The summed E-state index contributed by atoms with van der Waals surface area (Å²) in [7, 11) is 0. The molecule has 0 unspecified atom stereocenters. The number of hydrogen-bond acceptors (Lipinski definition) is 1. The highest BCUT2D eigenvalue weighted by atomic mass is 19.4. The molecule has 2 nitrogen and oxygen atoms in total. The Morgan fingerprint density at radius 1 is 0.655 bits per heavy atom. The van der Waals surface area contributed by atoms with Gasteiger partial charge in [-0.15, -0.1) is 0 Å². The molecular weight excluding hydrogens is 410 g/mol. The van der Waals surface area contributed by atoms with Gasteiger partial charge in [0.25, 0.3) is 5.60 Å². The standard InChI is InChI=1S/C19H11F8NO/c20-12-5-1-10(2-6-12)14-9-15(17(29,18(22,23)24)19(25,26)27)28-16(14)11-3-7-13(21)8-4-11/h1-9,28-29H. The van der Waals surface area contributed by atoms with Gasteiger partial charge in [0.1, 0.15) is 11.6 Å². The van der Waals surface area contributed by atoms with Crippen molar-refractivity contribution in [1.82, 2.24) is 4.98 Å². The van der Waals surface area contributed by atoms with Crippen LogP contribution in [0.1, 0.15) is 5.69 Å². The first-order chi connectivity index (χ1) is 13.3. The molecule has 0 bridgehead atoms. The van der Waals surface area contributed by atoms with Crippen molar-refractivity contribution < 1.29 is 40.2 Å². The summed E-state index contributed by atoms with van der Waals surface area (Å²) < 4.78 is 106. The smallest absolute Gasteiger partial charge is 0.368 e. The van der Waals surface area contributed by atoms with Gasteiger partial charge in [-0.05, 0) is 53.6 Å². The van der Waals surface area contributed by atoms with Crippen molar-refractivity contribution in [3.8, 4) is 22.4 Å². The minimum Gasteiger partial charge on any atom is -0.368 e. The molecule has 0 fully saturated rings. The molecule has 3 rings (SSSR count). The fraction of sp³-hybridized carbons (Fsp3) is 0.158. The van der Waals surface area contributed by atoms with Crippen molar-refractivity contribution in [1.29, 1.82) is 0 Å². The van der Waals surface area contributed by atoms with E-state index in [1.165, 1.54) is 0 Å². The number of hydrogen-bond donors (Lipinski definition) is 2. The predicted octanol–water partition coefficient (Wildman–Crippen LogP) is 5.94. The van der Waals surface area contributed by atoms with Crippen LogP contribution in [0.5, 0.6) is 0 Å². The van der Waals surface area contributed by atoms with Gasteiger partial charge in [0, 0.05) is 5.56 Å². The van der Waals surface area contributed by atoms with Crippen molar-refractivity contribution >= 4 is 0 Å². The third-order valence-corrected chi connectivity index (χ3v) is 4.32. The second-order valence-electron chi connectivity index (χ2n) is 6.19. The number of aromatic nitrogens is 1. The average Bonchev–Trinajstić information content (AvgIpc) is 3.06. The minimum atomic E-state index is -6.09. The summed E-state index contributed by atoms with van der Waals surface area (Å²) in [5.41, 5.74) is -7.01. The quantitative estimate of drug-likeness (QED) is 0.505. The molecule has 0 aliphatic heterocycles. The summed E-state index contributed by atoms with van der Waals surface area (Å²) in [6.45, 7) is 0. The van der Waals surface area contributed by atoms with Crippen molar-refractivity contribution in [3.05, 3.63) is 71.9 Å². The molecule has 0 saturated heterocycles. The topological polar surface area (TPSA) is 36.0 Å². The fourth-order valence-corrected chi connectivity index (χ4v) is 2.82. The molecular formula is C19H11F8NO. The van der Waals surface area contributed by atoms with Crippen LogP contribution in [0.2, 0.25) is 0 Å². The molecule has 2 aromatic carbocycles. The lowest BCUT2D eigenvalue weighted by atomic mass is 9.96. The van der Waals surface area contributed by atoms with Crippen LogP contribution in [0.15, 0.2) is 54.6 Å². The first-order valence-corrected chi connectivity index (χ1v) is 7.96. The normalized spacial score (nSPS) is 13.0. The Bertz CT molecular complexity index is 924. The second kappa shape index (κ2) is 6.87. The van der Waals surface area contributed by atoms with Crippen LogP contribution < -0.4 is 0 Å². The third kappa shape index (κ3) is 3.59. The van der Waals surface area contributed by atoms with Crippen molar-refractivity contribution in [2.24, 2.45) is 0 Å². The molecule has 0 aliphatic carbocycles. The molecule has 0 atom stereocenters. The maximum Gasteiger partial charge on any atom is 0.432 e. The Labute approximate surface area is 158 Å². The van der Waals surface area contributed by atoms with Crippen LogP contribution in [0.3, 0.4) is 0 Å². The van der Waals surface area contributed by atoms with Gasteiger partial charge < -0.3 is 10.1 Å². The van der Waals surface area contributed by atoms with Gasteiger partial charge >= 0.3 is 12.4 Å². The summed E-state index contributed by atoms with van der Waals surface area (Å²) in [6.07, 6.45) is -12.2. The van der Waals surface area contributed by atoms with Crippen LogP contribution in [0, 0.1) is 11.6 Å². The van der Waals surface area contributed by atoms with Gasteiger partial charge in [0.2, 0.25) is 0 Å². The van der Waals surface area contributed by atoms with E-state index in [9.17, 15) is 40.2 Å². The summed E-state index contributed by atoms with van der Waals surface area (Å²) in [5.74, 6) is -1.35. The maximum absolute atomic E-state index is 13.2. The molecule has 0 radical (unpaired) electrons. The van der Waals surface area contributed by atoms with Gasteiger partial charge in [-0.2, -0.15) is 26.3 Å². The van der Waals surface area contributed by atoms with E-state index in [4.69, 9.17) is 0 Å². The van der Waals surface area contributed by atoms with Crippen LogP contribution in [-0.2, 0) is 5.60 Å². The first-order valence-electron chi connectivity index (χ1n) is 7.96. The molecule has 0 amide bonds. The van der Waals surface area contributed by atoms with E-state index in [1.54, 1.807) is 0 Å². The number of benzene rings is 2. The van der Waals surface area contributed by atoms with Crippen LogP contribution >= 0.6 is 0 Å². The summed E-state index contributed by atoms with van der Waals surface area (Å²) in [4.78, 5) is 1.98. The fourth-order valence-electron chi connectivity index (χ4n) is 2.82. The number of alkyl halides is 6. The molecule has 1 heterocycles. The Morgan fingerprint density at radius 2 is 1.07 bits per heavy atom. The number of rotatable bonds is 3. The Balaban J connectivity index is 2.29. The van der Waals surface area contributed by atoms with Gasteiger partial charge in [-0.25, -0.2) is 8.78 Å². The summed E-state index contributed by atoms with van der Waals surface area (Å²) in [6, 6.07) is 8.93. The SMILES string of the molecule is OC(c1cc(-c2ccc(F)cc2)c(-c2ccc(F)cc2)[nH]1)(C(F)(F)F)C(F)(F)F. The Kier molecular flexibility index (Phi) is 4.94. The highest BCUT2D eigenvalue weighted by molar-refractivity contribution is 5.82. The van der Waals surface area contributed by atoms with E-state index < -0.39 is 35.3 Å². The van der Waals surface area contributed by atoms with Crippen LogP contribution in [-0.4, -0.2) is 22.4 Å². The summed E-state index contributed by atoms with van der Waals surface area (Å²) >= 11 is 0. The Hall–Kier alpha value is -2.88. The van der Waals surface area contributed by atoms with E-state index >= 15 is 0 Å². The van der Waals surface area contributed by atoms with E-state index in [2.05, 4.69) is 0 Å². The molecule has 154 valence electrons. The highest BCUT2D eigenvalue weighted by Crippen LogP contribution is 2.51. The van der Waals surface area contributed by atoms with Crippen LogP contribution in [0.25, 0.3) is 22.4 Å². The zero-order valence-electron chi connectivity index (χ0n) is 14.2. The van der Waals surface area contributed by atoms with Gasteiger partial charge in [0.05, 0.1) is 11.4 Å². The number of nitrogens with one attached hydrogen (secondary N) is 1. The monoisotopic (exact) mass is 421 g/mol. The molecule has 29 heavy (non-hydrogen) atoms. The molecule has 0 saturated carbocycles. The van der Waals surface area contributed by atoms with E-state index in [0.29, 0.717) is 6.07 Å². The minimum absolute atomic E-state index is 0.0590. The van der Waals surface area contributed by atoms with Crippen LogP contribution in [0.4, 0.5) is 35.1 Å². The lowest BCUT2D eigenvalue weighted by molar-refractivity contribution is -0.377. The van der Waals surface area contributed by atoms with Gasteiger partial charge in [-0.3, -0.25) is 0 Å². The Morgan fingerprint density at radius 3 is 1.48 bits per heavy atom. The maximum atomic E-state index is 13.2. The molecule has 3 aromatic rings. The van der Waals surface area contributed by atoms with E-state index in [0.717, 1.165) is 48.5 Å². The number of aromatic amines is 1. The molecule has 10 heteroatoms. The van der Waals surface area contributed by atoms with Crippen molar-refractivity contribution in [2.45, 2.75) is 18.0 Å². The average molecular weight is 421 g/mol. The van der Waals surface area contributed by atoms with Crippen molar-refractivity contribution in [3.63, 3.8) is 0 Å². The zero-order valence-corrected chi connectivity index (χ0v) is 14.2. The first kappa shape index (κ1) is 20.8. The van der Waals surface area contributed by atoms with Crippen molar-refractivity contribution in [2.75, 3.05) is 0 Å². The second-order valence-corrected chi connectivity index (χ2v) is 6.19. The predicted molar refractivity (Wildman–Crippen MR) is 87.6 cm³/mol. The van der Waals surface area contributed by atoms with E-state index in [-0.39, 0.29) is 22.4 Å². The molecule has 2 N–H and O–H groups in total. The molecule has 1 aromatic heterocycles. The number of H-pyrrole nitrogens is 1. The van der Waals surface area contributed by atoms with Gasteiger partial charge in [-0.1, -0.05) is 12.1 Å². The largest absolute Gasteiger partial charge is 0.432 e. The third-order valence-electron chi connectivity index (χ3n) is 4.32. The molecule has 0 spiro atoms. The number of halogens is 8. The molecule has 0 aliphatic rings. The lowest BCUT2D eigenvalue weighted by Crippen LogP contribution is -2.54. The highest BCUT2D eigenvalue weighted by Gasteiger charge is 2.72. The van der Waals surface area contributed by atoms with E-state index in [1.807, 2.05) is 4.98 Å². The van der Waals surface area contributed by atoms with Gasteiger partial charge in [0.15, 0.2) is 0 Å².